The van der Waals surface area contributed by atoms with E-state index in [0.717, 1.165) is 66.4 Å². The molecule has 10 aromatic carbocycles. The van der Waals surface area contributed by atoms with Crippen molar-refractivity contribution in [3.05, 3.63) is 206 Å². The third-order valence-electron chi connectivity index (χ3n) is 12.3. The number of hydrogen-bond donors (Lipinski definition) is 0. The summed E-state index contributed by atoms with van der Waals surface area (Å²) in [5, 5.41) is 6.09. The highest BCUT2D eigenvalue weighted by Crippen LogP contribution is 2.55. The van der Waals surface area contributed by atoms with Gasteiger partial charge in [-0.05, 0) is 94.3 Å². The minimum absolute atomic E-state index is 0.285. The molecule has 0 amide bonds. The van der Waals surface area contributed by atoms with E-state index in [1.165, 1.54) is 0 Å². The third kappa shape index (κ3) is 5.14. The van der Waals surface area contributed by atoms with Gasteiger partial charge in [0.15, 0.2) is 0 Å². The van der Waals surface area contributed by atoms with Crippen molar-refractivity contribution in [3.63, 3.8) is 0 Å². The average molecular weight is 839 g/mol. The molecule has 0 fully saturated rings. The second-order valence-electron chi connectivity index (χ2n) is 15.6. The summed E-state index contributed by atoms with van der Waals surface area (Å²) in [6.07, 6.45) is 0. The lowest BCUT2D eigenvalue weighted by atomic mass is 9.92. The molecule has 0 saturated heterocycles. The van der Waals surface area contributed by atoms with Gasteiger partial charge in [0.2, 0.25) is 19.7 Å². The van der Waals surface area contributed by atoms with Crippen molar-refractivity contribution < 1.29 is 16.8 Å². The predicted molar refractivity (Wildman–Crippen MR) is 250 cm³/mol. The number of para-hydroxylation sites is 2. The minimum atomic E-state index is -3.75. The Hall–Kier alpha value is -7.52. The molecule has 12 rings (SSSR count). The zero-order valence-corrected chi connectivity index (χ0v) is 34.6. The number of sulfone groups is 2. The Balaban J connectivity index is 1.19. The minimum Gasteiger partial charge on any atom is -0.309 e. The molecule has 6 nitrogen and oxygen atoms in total. The van der Waals surface area contributed by atoms with Crippen molar-refractivity contribution >= 4 is 86.1 Å². The highest BCUT2D eigenvalue weighted by atomic mass is 32.2. The average Bonchev–Trinajstić information content (AvgIpc) is 3.70. The smallest absolute Gasteiger partial charge is 0.207 e. The maximum absolute atomic E-state index is 14.1. The molecule has 0 bridgehead atoms. The van der Waals surface area contributed by atoms with Crippen LogP contribution in [0.2, 0.25) is 0 Å². The van der Waals surface area contributed by atoms with E-state index < -0.39 is 19.7 Å². The molecule has 0 N–H and O–H groups in total. The Morgan fingerprint density at radius 3 is 1.10 bits per heavy atom. The fraction of sp³-hybridized carbons (Fsp3) is 0. The molecule has 2 aliphatic rings. The second-order valence-corrected chi connectivity index (χ2v) is 19.4. The summed E-state index contributed by atoms with van der Waals surface area (Å²) in [5.74, 6) is 0. The Morgan fingerprint density at radius 2 is 0.661 bits per heavy atom. The van der Waals surface area contributed by atoms with Crippen molar-refractivity contribution in [1.82, 2.24) is 0 Å². The largest absolute Gasteiger partial charge is 0.309 e. The van der Waals surface area contributed by atoms with E-state index in [1.54, 1.807) is 36.4 Å². The lowest BCUT2D eigenvalue weighted by Crippen LogP contribution is -2.13. The normalized spacial score (nSPS) is 14.0. The van der Waals surface area contributed by atoms with E-state index in [1.807, 2.05) is 97.1 Å². The Morgan fingerprint density at radius 1 is 0.306 bits per heavy atom. The highest BCUT2D eigenvalue weighted by Gasteiger charge is 2.38. The van der Waals surface area contributed by atoms with E-state index in [0.29, 0.717) is 32.0 Å². The van der Waals surface area contributed by atoms with E-state index in [9.17, 15) is 16.8 Å². The standard InChI is InChI=1S/C54H34N2O4S2/c57-61(58)48-29-13-11-25-42(48)53-44(27-15-31-50(53)61)55(36-17-3-1-4-18-36)46-33-35-34-47(39-22-8-10-24-41(39)52(35)40-23-9-7-21-38(40)46)56(37-19-5-2-6-20-37)45-28-16-32-51-54(45)43-26-12-14-30-49(43)62(51,59)60/h1-34H. The van der Waals surface area contributed by atoms with Gasteiger partial charge in [-0.3, -0.25) is 0 Å². The van der Waals surface area contributed by atoms with Crippen LogP contribution in [0.15, 0.2) is 226 Å². The molecule has 0 aromatic heterocycles. The van der Waals surface area contributed by atoms with Gasteiger partial charge in [-0.25, -0.2) is 16.8 Å². The van der Waals surface area contributed by atoms with E-state index in [2.05, 4.69) is 82.6 Å². The first-order valence-electron chi connectivity index (χ1n) is 20.3. The number of benzene rings is 10. The molecule has 0 aliphatic carbocycles. The second kappa shape index (κ2) is 13.5. The van der Waals surface area contributed by atoms with Crippen molar-refractivity contribution in [1.29, 1.82) is 0 Å². The van der Waals surface area contributed by atoms with Crippen LogP contribution in [0.25, 0.3) is 54.6 Å². The van der Waals surface area contributed by atoms with Crippen molar-refractivity contribution in [2.45, 2.75) is 19.6 Å². The van der Waals surface area contributed by atoms with Crippen LogP contribution in [0.3, 0.4) is 0 Å². The maximum atomic E-state index is 14.1. The summed E-state index contributed by atoms with van der Waals surface area (Å²) < 4.78 is 56.4. The molecule has 2 heterocycles. The zero-order valence-electron chi connectivity index (χ0n) is 33.0. The van der Waals surface area contributed by atoms with Crippen LogP contribution in [0.5, 0.6) is 0 Å². The van der Waals surface area contributed by atoms with Crippen molar-refractivity contribution in [2.75, 3.05) is 9.80 Å². The van der Waals surface area contributed by atoms with Gasteiger partial charge in [-0.15, -0.1) is 0 Å². The van der Waals surface area contributed by atoms with Crippen LogP contribution in [-0.2, 0) is 19.7 Å². The van der Waals surface area contributed by atoms with Crippen molar-refractivity contribution in [3.8, 4) is 22.3 Å². The maximum Gasteiger partial charge on any atom is 0.207 e. The number of hydrogen-bond acceptors (Lipinski definition) is 6. The lowest BCUT2D eigenvalue weighted by Gasteiger charge is -2.31. The van der Waals surface area contributed by atoms with Crippen LogP contribution < -0.4 is 9.80 Å². The van der Waals surface area contributed by atoms with E-state index in [4.69, 9.17) is 0 Å². The summed E-state index contributed by atoms with van der Waals surface area (Å²) in [6, 6.07) is 67.0. The van der Waals surface area contributed by atoms with Gasteiger partial charge in [-0.2, -0.15) is 0 Å². The molecule has 0 spiro atoms. The van der Waals surface area contributed by atoms with Crippen LogP contribution in [-0.4, -0.2) is 16.8 Å². The summed E-state index contributed by atoms with van der Waals surface area (Å²) in [5.41, 5.74) is 7.68. The molecule has 8 heteroatoms. The van der Waals surface area contributed by atoms with Crippen LogP contribution in [0, 0.1) is 0 Å². The predicted octanol–water partition coefficient (Wildman–Crippen LogP) is 13.7. The summed E-state index contributed by atoms with van der Waals surface area (Å²) >= 11 is 0. The molecule has 0 saturated carbocycles. The molecule has 62 heavy (non-hydrogen) atoms. The fourth-order valence-corrected chi connectivity index (χ4v) is 13.1. The number of anilines is 6. The Kier molecular flexibility index (Phi) is 7.91. The number of nitrogens with zero attached hydrogens (tertiary/aromatic N) is 2. The van der Waals surface area contributed by atoms with Gasteiger partial charge in [0.05, 0.1) is 42.3 Å². The monoisotopic (exact) mass is 838 g/mol. The molecule has 0 radical (unpaired) electrons. The SMILES string of the molecule is O=S1(=O)c2ccccc2-c2c(N(c3ccccc3)c3cc4cc(N(c5ccccc5)c5cccc6c5-c5ccccc5S6(=O)=O)c5ccccc5c4c4ccccc34)cccc21. The molecule has 2 aliphatic heterocycles. The Bertz CT molecular complexity index is 3500. The Labute approximate surface area is 359 Å². The van der Waals surface area contributed by atoms with Crippen molar-refractivity contribution in [2.24, 2.45) is 0 Å². The van der Waals surface area contributed by atoms with Gasteiger partial charge in [0.1, 0.15) is 0 Å². The van der Waals surface area contributed by atoms with Gasteiger partial charge < -0.3 is 9.80 Å². The molecule has 0 atom stereocenters. The van der Waals surface area contributed by atoms with Crippen LogP contribution in [0.1, 0.15) is 0 Å². The molecular formula is C54H34N2O4S2. The molecule has 296 valence electrons. The van der Waals surface area contributed by atoms with Crippen LogP contribution >= 0.6 is 0 Å². The van der Waals surface area contributed by atoms with Gasteiger partial charge in [-0.1, -0.05) is 133 Å². The van der Waals surface area contributed by atoms with Gasteiger partial charge >= 0.3 is 0 Å². The van der Waals surface area contributed by atoms with E-state index in [-0.39, 0.29) is 9.79 Å². The quantitative estimate of drug-likeness (QED) is 0.155. The molecule has 0 unspecified atom stereocenters. The molecular weight excluding hydrogens is 805 g/mol. The zero-order chi connectivity index (χ0) is 41.7. The summed E-state index contributed by atoms with van der Waals surface area (Å²) in [4.78, 5) is 5.56. The lowest BCUT2D eigenvalue weighted by molar-refractivity contribution is 0.597. The summed E-state index contributed by atoms with van der Waals surface area (Å²) in [7, 11) is -7.51. The number of fused-ring (bicyclic) bond motifs is 11. The highest BCUT2D eigenvalue weighted by molar-refractivity contribution is 7.92. The van der Waals surface area contributed by atoms with E-state index >= 15 is 0 Å². The summed E-state index contributed by atoms with van der Waals surface area (Å²) in [6.45, 7) is 0. The molecule has 10 aromatic rings. The third-order valence-corrected chi connectivity index (χ3v) is 16.0. The van der Waals surface area contributed by atoms with Gasteiger partial charge in [0, 0.05) is 44.4 Å². The fourth-order valence-electron chi connectivity index (χ4n) is 9.73. The first kappa shape index (κ1) is 36.3. The first-order chi connectivity index (χ1) is 30.3. The number of rotatable bonds is 6. The topological polar surface area (TPSA) is 74.8 Å². The van der Waals surface area contributed by atoms with Gasteiger partial charge in [0.25, 0.3) is 0 Å². The van der Waals surface area contributed by atoms with Crippen LogP contribution in [0.4, 0.5) is 34.1 Å². The first-order valence-corrected chi connectivity index (χ1v) is 23.3.